The second-order valence-corrected chi connectivity index (χ2v) is 6.17. The number of ether oxygens (including phenoxy) is 1. The van der Waals surface area contributed by atoms with Gasteiger partial charge in [0.1, 0.15) is 0 Å². The van der Waals surface area contributed by atoms with E-state index in [4.69, 9.17) is 16.3 Å². The molecule has 0 heterocycles. The minimum atomic E-state index is -3.24. The molecule has 98 valence electrons. The molecule has 0 fully saturated rings. The first-order chi connectivity index (χ1) is 7.45. The number of halogens is 1. The van der Waals surface area contributed by atoms with Gasteiger partial charge in [0, 0.05) is 19.5 Å². The lowest BCUT2D eigenvalue weighted by atomic mass is 9.85. The summed E-state index contributed by atoms with van der Waals surface area (Å²) < 4.78 is 30.4. The van der Waals surface area contributed by atoms with Gasteiger partial charge in [-0.1, -0.05) is 13.8 Å². The molecule has 0 radical (unpaired) electrons. The second kappa shape index (κ2) is 7.48. The van der Waals surface area contributed by atoms with Gasteiger partial charge < -0.3 is 4.74 Å². The minimum Gasteiger partial charge on any atom is -0.384 e. The van der Waals surface area contributed by atoms with Crippen molar-refractivity contribution in [2.45, 2.75) is 26.7 Å². The van der Waals surface area contributed by atoms with Gasteiger partial charge in [-0.25, -0.2) is 13.1 Å². The number of nitrogens with one attached hydrogen (secondary N) is 1. The Labute approximate surface area is 104 Å². The Morgan fingerprint density at radius 3 is 2.25 bits per heavy atom. The summed E-state index contributed by atoms with van der Waals surface area (Å²) in [4.78, 5) is 0. The van der Waals surface area contributed by atoms with E-state index >= 15 is 0 Å². The van der Waals surface area contributed by atoms with Crippen molar-refractivity contribution >= 4 is 21.6 Å². The maximum absolute atomic E-state index is 11.5. The average Bonchev–Trinajstić information content (AvgIpc) is 2.29. The summed E-state index contributed by atoms with van der Waals surface area (Å²) in [5.74, 6) is 0.460. The average molecular weight is 272 g/mol. The van der Waals surface area contributed by atoms with Crippen LogP contribution in [0.1, 0.15) is 26.7 Å². The predicted molar refractivity (Wildman–Crippen MR) is 67.4 cm³/mol. The van der Waals surface area contributed by atoms with Gasteiger partial charge in [-0.3, -0.25) is 0 Å². The van der Waals surface area contributed by atoms with Crippen LogP contribution in [0.2, 0.25) is 0 Å². The maximum atomic E-state index is 11.5. The van der Waals surface area contributed by atoms with E-state index in [0.717, 1.165) is 12.8 Å². The Morgan fingerprint density at radius 1 is 1.31 bits per heavy atom. The molecule has 16 heavy (non-hydrogen) atoms. The maximum Gasteiger partial charge on any atom is 0.213 e. The highest BCUT2D eigenvalue weighted by Crippen LogP contribution is 2.27. The van der Waals surface area contributed by atoms with E-state index < -0.39 is 10.0 Å². The van der Waals surface area contributed by atoms with Gasteiger partial charge in [-0.2, -0.15) is 0 Å². The van der Waals surface area contributed by atoms with Crippen LogP contribution >= 0.6 is 11.6 Å². The van der Waals surface area contributed by atoms with Crippen LogP contribution in [0.25, 0.3) is 0 Å². The van der Waals surface area contributed by atoms with Crippen molar-refractivity contribution in [3.63, 3.8) is 0 Å². The smallest absolute Gasteiger partial charge is 0.213 e. The largest absolute Gasteiger partial charge is 0.384 e. The third-order valence-corrected chi connectivity index (χ3v) is 4.86. The minimum absolute atomic E-state index is 0.00467. The summed E-state index contributed by atoms with van der Waals surface area (Å²) in [5, 5.41) is 0. The number of alkyl halides is 1. The summed E-state index contributed by atoms with van der Waals surface area (Å²) in [5.41, 5.74) is -0.137. The Hall–Kier alpha value is 0.160. The third kappa shape index (κ3) is 5.48. The third-order valence-electron chi connectivity index (χ3n) is 3.01. The molecular weight excluding hydrogens is 250 g/mol. The molecule has 4 nitrogen and oxygen atoms in total. The van der Waals surface area contributed by atoms with Gasteiger partial charge in [-0.05, 0) is 18.3 Å². The van der Waals surface area contributed by atoms with Crippen LogP contribution in [0.15, 0.2) is 0 Å². The van der Waals surface area contributed by atoms with Crippen molar-refractivity contribution in [2.24, 2.45) is 5.41 Å². The van der Waals surface area contributed by atoms with Gasteiger partial charge in [0.05, 0.1) is 12.4 Å². The zero-order chi connectivity index (χ0) is 12.7. The molecule has 0 unspecified atom stereocenters. The Morgan fingerprint density at radius 2 is 1.88 bits per heavy atom. The lowest BCUT2D eigenvalue weighted by Crippen LogP contribution is -2.39. The molecule has 0 rings (SSSR count). The van der Waals surface area contributed by atoms with Crippen molar-refractivity contribution in [2.75, 3.05) is 31.9 Å². The van der Waals surface area contributed by atoms with Crippen LogP contribution in [0.5, 0.6) is 0 Å². The molecule has 0 aromatic carbocycles. The van der Waals surface area contributed by atoms with E-state index in [1.165, 1.54) is 7.11 Å². The topological polar surface area (TPSA) is 55.4 Å². The number of methoxy groups -OCH3 is 1. The highest BCUT2D eigenvalue weighted by molar-refractivity contribution is 7.89. The normalized spacial score (nSPS) is 13.0. The van der Waals surface area contributed by atoms with Crippen LogP contribution in [0.3, 0.4) is 0 Å². The SMILES string of the molecule is CCC(CC)(CCl)CNS(=O)(=O)CCOC. The molecule has 0 aliphatic carbocycles. The van der Waals surface area contributed by atoms with E-state index in [9.17, 15) is 8.42 Å². The molecule has 1 N–H and O–H groups in total. The molecule has 0 spiro atoms. The number of rotatable bonds is 9. The van der Waals surface area contributed by atoms with Gasteiger partial charge in [0.25, 0.3) is 0 Å². The fourth-order valence-electron chi connectivity index (χ4n) is 1.26. The highest BCUT2D eigenvalue weighted by Gasteiger charge is 2.26. The monoisotopic (exact) mass is 271 g/mol. The zero-order valence-corrected chi connectivity index (χ0v) is 11.8. The first kappa shape index (κ1) is 16.2. The van der Waals surface area contributed by atoms with Crippen LogP contribution in [0, 0.1) is 5.41 Å². The van der Waals surface area contributed by atoms with E-state index in [1.807, 2.05) is 13.8 Å². The Balaban J connectivity index is 4.30. The number of hydrogen-bond donors (Lipinski definition) is 1. The summed E-state index contributed by atoms with van der Waals surface area (Å²) in [6, 6.07) is 0. The second-order valence-electron chi connectivity index (χ2n) is 3.97. The lowest BCUT2D eigenvalue weighted by Gasteiger charge is -2.29. The highest BCUT2D eigenvalue weighted by atomic mass is 35.5. The van der Waals surface area contributed by atoms with Crippen LogP contribution in [-0.4, -0.2) is 40.3 Å². The molecular formula is C10H22ClNO3S. The summed E-state index contributed by atoms with van der Waals surface area (Å²) in [6.45, 7) is 4.65. The first-order valence-electron chi connectivity index (χ1n) is 5.47. The first-order valence-corrected chi connectivity index (χ1v) is 7.66. The molecule has 0 atom stereocenters. The molecule has 0 amide bonds. The summed E-state index contributed by atoms with van der Waals surface area (Å²) in [7, 11) is -1.76. The Bertz CT molecular complexity index is 268. The van der Waals surface area contributed by atoms with Crippen LogP contribution in [-0.2, 0) is 14.8 Å². The van der Waals surface area contributed by atoms with Gasteiger partial charge in [0.15, 0.2) is 0 Å². The Kier molecular flexibility index (Phi) is 7.55. The molecule has 0 saturated carbocycles. The zero-order valence-electron chi connectivity index (χ0n) is 10.3. The molecule has 0 saturated heterocycles. The van der Waals surface area contributed by atoms with Gasteiger partial charge in [0.2, 0.25) is 10.0 Å². The van der Waals surface area contributed by atoms with Gasteiger partial charge in [-0.15, -0.1) is 11.6 Å². The molecule has 0 aromatic heterocycles. The standard InChI is InChI=1S/C10H22ClNO3S/c1-4-10(5-2,8-11)9-12-16(13,14)7-6-15-3/h12H,4-9H2,1-3H3. The fourth-order valence-corrected chi connectivity index (χ4v) is 2.79. The number of sulfonamides is 1. The number of hydrogen-bond acceptors (Lipinski definition) is 3. The molecule has 0 bridgehead atoms. The van der Waals surface area contributed by atoms with Crippen LogP contribution in [0.4, 0.5) is 0 Å². The lowest BCUT2D eigenvalue weighted by molar-refractivity contribution is 0.216. The van der Waals surface area contributed by atoms with Crippen molar-refractivity contribution in [3.8, 4) is 0 Å². The molecule has 6 heteroatoms. The van der Waals surface area contributed by atoms with E-state index in [-0.39, 0.29) is 17.8 Å². The summed E-state index contributed by atoms with van der Waals surface area (Å²) >= 11 is 5.90. The summed E-state index contributed by atoms with van der Waals surface area (Å²) in [6.07, 6.45) is 1.72. The predicted octanol–water partition coefficient (Wildman–Crippen LogP) is 1.60. The van der Waals surface area contributed by atoms with E-state index in [0.29, 0.717) is 12.4 Å². The molecule has 0 aromatic rings. The van der Waals surface area contributed by atoms with Crippen LogP contribution < -0.4 is 4.72 Å². The van der Waals surface area contributed by atoms with Crippen molar-refractivity contribution in [1.29, 1.82) is 0 Å². The van der Waals surface area contributed by atoms with Crippen molar-refractivity contribution in [3.05, 3.63) is 0 Å². The fraction of sp³-hybridized carbons (Fsp3) is 1.00. The quantitative estimate of drug-likeness (QED) is 0.648. The molecule has 0 aliphatic heterocycles. The van der Waals surface area contributed by atoms with Crippen molar-refractivity contribution in [1.82, 2.24) is 4.72 Å². The van der Waals surface area contributed by atoms with E-state index in [2.05, 4.69) is 4.72 Å². The molecule has 0 aliphatic rings. The van der Waals surface area contributed by atoms with Crippen molar-refractivity contribution < 1.29 is 13.2 Å². The van der Waals surface area contributed by atoms with E-state index in [1.54, 1.807) is 0 Å². The van der Waals surface area contributed by atoms with Gasteiger partial charge >= 0.3 is 0 Å².